The number of nitrogens with one attached hydrogen (secondary N) is 2. The predicted molar refractivity (Wildman–Crippen MR) is 118 cm³/mol. The number of hydrogen-bond donors (Lipinski definition) is 2. The Labute approximate surface area is 188 Å². The van der Waals surface area contributed by atoms with Gasteiger partial charge in [-0.15, -0.1) is 0 Å². The van der Waals surface area contributed by atoms with Crippen molar-refractivity contribution in [3.63, 3.8) is 0 Å². The van der Waals surface area contributed by atoms with Crippen molar-refractivity contribution in [2.75, 3.05) is 6.54 Å². The Bertz CT molecular complexity index is 1260. The van der Waals surface area contributed by atoms with E-state index >= 15 is 0 Å². The molecule has 2 unspecified atom stereocenters. The minimum Gasteiger partial charge on any atom is -0.350 e. The van der Waals surface area contributed by atoms with Crippen LogP contribution < -0.4 is 10.7 Å². The van der Waals surface area contributed by atoms with Crippen molar-refractivity contribution >= 4 is 28.9 Å². The number of hydrazine groups is 1. The van der Waals surface area contributed by atoms with Crippen molar-refractivity contribution in [2.45, 2.75) is 25.0 Å². The molecule has 2 aliphatic heterocycles. The van der Waals surface area contributed by atoms with E-state index in [1.54, 1.807) is 5.01 Å². The number of rotatable bonds is 5. The lowest BCUT2D eigenvalue weighted by atomic mass is 9.96. The van der Waals surface area contributed by atoms with Gasteiger partial charge in [-0.05, 0) is 28.8 Å². The van der Waals surface area contributed by atoms with Crippen LogP contribution in [0.5, 0.6) is 0 Å². The van der Waals surface area contributed by atoms with Crippen LogP contribution in [0.4, 0.5) is 8.78 Å². The molecule has 0 radical (unpaired) electrons. The number of nitrogens with zero attached hydrogens (tertiary/aromatic N) is 3. The molecule has 2 atom stereocenters. The van der Waals surface area contributed by atoms with E-state index in [1.165, 1.54) is 12.4 Å². The number of amides is 2. The number of carbonyl (C=O) groups is 2. The van der Waals surface area contributed by atoms with Gasteiger partial charge in [0.2, 0.25) is 5.91 Å². The lowest BCUT2D eigenvalue weighted by Crippen LogP contribution is -2.52. The highest BCUT2D eigenvalue weighted by Gasteiger charge is 2.41. The van der Waals surface area contributed by atoms with Gasteiger partial charge in [-0.3, -0.25) is 14.6 Å². The third-order valence-corrected chi connectivity index (χ3v) is 5.94. The summed E-state index contributed by atoms with van der Waals surface area (Å²) in [5.41, 5.74) is 4.57. The Morgan fingerprint density at radius 1 is 1.12 bits per heavy atom. The summed E-state index contributed by atoms with van der Waals surface area (Å²) in [6.07, 6.45) is 2.03. The monoisotopic (exact) mass is 449 g/mol. The van der Waals surface area contributed by atoms with Gasteiger partial charge in [-0.1, -0.05) is 48.5 Å². The average Bonchev–Trinajstić information content (AvgIpc) is 3.25. The summed E-state index contributed by atoms with van der Waals surface area (Å²) < 4.78 is 26.8. The van der Waals surface area contributed by atoms with Crippen molar-refractivity contribution in [3.05, 3.63) is 83.4 Å². The molecule has 2 aliphatic rings. The lowest BCUT2D eigenvalue weighted by molar-refractivity contribution is -0.140. The molecule has 0 spiro atoms. The maximum absolute atomic E-state index is 13.8. The van der Waals surface area contributed by atoms with Crippen LogP contribution in [0, 0.1) is 11.6 Å². The fourth-order valence-electron chi connectivity index (χ4n) is 4.26. The lowest BCUT2D eigenvalue weighted by Gasteiger charge is -2.29. The number of halogens is 2. The fraction of sp³-hybridized carbons (Fsp3) is 0.208. The smallest absolute Gasteiger partial charge is 0.267 e. The van der Waals surface area contributed by atoms with Crippen molar-refractivity contribution in [3.8, 4) is 0 Å². The second kappa shape index (κ2) is 8.59. The summed E-state index contributed by atoms with van der Waals surface area (Å²) in [4.78, 5) is 25.3. The molecular weight excluding hydrogens is 428 g/mol. The fourth-order valence-corrected chi connectivity index (χ4v) is 4.26. The number of fused-ring (bicyclic) bond motifs is 2. The molecule has 7 nitrogen and oxygen atoms in total. The van der Waals surface area contributed by atoms with E-state index in [0.29, 0.717) is 6.42 Å². The van der Waals surface area contributed by atoms with Crippen LogP contribution in [0.15, 0.2) is 65.8 Å². The Kier molecular flexibility index (Phi) is 5.47. The van der Waals surface area contributed by atoms with Crippen LogP contribution in [0.2, 0.25) is 0 Å². The molecule has 2 heterocycles. The van der Waals surface area contributed by atoms with E-state index in [4.69, 9.17) is 0 Å². The molecule has 2 amide bonds. The van der Waals surface area contributed by atoms with Crippen LogP contribution in [0.25, 0.3) is 10.8 Å². The van der Waals surface area contributed by atoms with Gasteiger partial charge in [0.25, 0.3) is 5.91 Å². The minimum absolute atomic E-state index is 0.0771. The first-order chi connectivity index (χ1) is 16.0. The van der Waals surface area contributed by atoms with Gasteiger partial charge < -0.3 is 5.32 Å². The van der Waals surface area contributed by atoms with E-state index in [2.05, 4.69) is 21.9 Å². The summed E-state index contributed by atoms with van der Waals surface area (Å²) >= 11 is 0. The van der Waals surface area contributed by atoms with Gasteiger partial charge in [0.05, 0.1) is 6.04 Å². The molecule has 3 aromatic carbocycles. The maximum Gasteiger partial charge on any atom is 0.267 e. The summed E-state index contributed by atoms with van der Waals surface area (Å²) in [7, 11) is 0. The van der Waals surface area contributed by atoms with Crippen LogP contribution in [0.3, 0.4) is 0 Å². The van der Waals surface area contributed by atoms with E-state index < -0.39 is 23.6 Å². The van der Waals surface area contributed by atoms with Crippen molar-refractivity contribution in [1.82, 2.24) is 20.8 Å². The highest BCUT2D eigenvalue weighted by Crippen LogP contribution is 2.33. The standard InChI is InChI=1S/C24H21F2N5O2/c25-17-9-8-16(20(26)10-17)12-27-23(32)13-30-24(33)22-11-21(29-31(22)14-28-30)19-7-3-5-15-4-1-2-6-18(15)19/h1-10,14,21-22,29H,11-13H2,(H,27,32). The zero-order valence-corrected chi connectivity index (χ0v) is 17.5. The van der Waals surface area contributed by atoms with Gasteiger partial charge in [-0.2, -0.15) is 5.10 Å². The molecular formula is C24H21F2N5O2. The molecule has 0 saturated carbocycles. The van der Waals surface area contributed by atoms with E-state index in [1.807, 2.05) is 36.4 Å². The van der Waals surface area contributed by atoms with Gasteiger partial charge in [-0.25, -0.2) is 19.2 Å². The van der Waals surface area contributed by atoms with Crippen LogP contribution in [-0.2, 0) is 16.1 Å². The summed E-state index contributed by atoms with van der Waals surface area (Å²) in [6, 6.07) is 16.7. The second-order valence-corrected chi connectivity index (χ2v) is 8.05. The molecule has 5 rings (SSSR count). The molecule has 3 aromatic rings. The zero-order valence-electron chi connectivity index (χ0n) is 17.5. The third kappa shape index (κ3) is 4.14. The Morgan fingerprint density at radius 2 is 1.94 bits per heavy atom. The zero-order chi connectivity index (χ0) is 22.9. The second-order valence-electron chi connectivity index (χ2n) is 8.05. The average molecular weight is 449 g/mol. The van der Waals surface area contributed by atoms with E-state index in [-0.39, 0.29) is 30.6 Å². The van der Waals surface area contributed by atoms with Crippen molar-refractivity contribution < 1.29 is 18.4 Å². The van der Waals surface area contributed by atoms with E-state index in [0.717, 1.165) is 33.5 Å². The topological polar surface area (TPSA) is 77.0 Å². The van der Waals surface area contributed by atoms with Gasteiger partial charge in [0, 0.05) is 18.2 Å². The molecule has 168 valence electrons. The van der Waals surface area contributed by atoms with Crippen LogP contribution in [0.1, 0.15) is 23.6 Å². The molecule has 1 fully saturated rings. The number of benzene rings is 3. The molecule has 9 heteroatoms. The first-order valence-electron chi connectivity index (χ1n) is 10.6. The molecule has 1 saturated heterocycles. The predicted octanol–water partition coefficient (Wildman–Crippen LogP) is 2.84. The quantitative estimate of drug-likeness (QED) is 0.628. The maximum atomic E-state index is 13.8. The van der Waals surface area contributed by atoms with Gasteiger partial charge in [0.15, 0.2) is 0 Å². The third-order valence-electron chi connectivity index (χ3n) is 5.94. The largest absolute Gasteiger partial charge is 0.350 e. The highest BCUT2D eigenvalue weighted by molar-refractivity contribution is 5.91. The Morgan fingerprint density at radius 3 is 2.79 bits per heavy atom. The van der Waals surface area contributed by atoms with Gasteiger partial charge >= 0.3 is 0 Å². The normalized spacial score (nSPS) is 19.8. The van der Waals surface area contributed by atoms with Crippen LogP contribution >= 0.6 is 0 Å². The molecule has 2 N–H and O–H groups in total. The molecule has 0 bridgehead atoms. The molecule has 0 aromatic heterocycles. The SMILES string of the molecule is O=C(CN1N=CN2NC(c3cccc4ccccc34)CC2C1=O)NCc1ccc(F)cc1F. The molecule has 33 heavy (non-hydrogen) atoms. The van der Waals surface area contributed by atoms with Crippen molar-refractivity contribution in [1.29, 1.82) is 0 Å². The summed E-state index contributed by atoms with van der Waals surface area (Å²) in [6.45, 7) is -0.404. The Balaban J connectivity index is 1.23. The highest BCUT2D eigenvalue weighted by atomic mass is 19.1. The number of hydrogen-bond acceptors (Lipinski definition) is 5. The Hall–Kier alpha value is -3.85. The summed E-state index contributed by atoms with van der Waals surface area (Å²) in [5, 5.41) is 11.7. The number of hydrazone groups is 1. The first-order valence-corrected chi connectivity index (χ1v) is 10.6. The van der Waals surface area contributed by atoms with E-state index in [9.17, 15) is 18.4 Å². The van der Waals surface area contributed by atoms with Gasteiger partial charge in [0.1, 0.15) is 30.6 Å². The summed E-state index contributed by atoms with van der Waals surface area (Å²) in [5.74, 6) is -2.22. The van der Waals surface area contributed by atoms with Crippen LogP contribution in [-0.4, -0.2) is 40.8 Å². The minimum atomic E-state index is -0.741. The number of carbonyl (C=O) groups excluding carboxylic acids is 2. The molecule has 0 aliphatic carbocycles. The first kappa shape index (κ1) is 21.0. The van der Waals surface area contributed by atoms with Crippen molar-refractivity contribution in [2.24, 2.45) is 5.10 Å².